The van der Waals surface area contributed by atoms with Crippen molar-refractivity contribution in [2.24, 2.45) is 0 Å². The second-order valence-corrected chi connectivity index (χ2v) is 8.36. The summed E-state index contributed by atoms with van der Waals surface area (Å²) in [5.74, 6) is -1.48. The first-order chi connectivity index (χ1) is 16.8. The number of Topliss-reactive ketones (excluding diaryl/α,β-unsaturated/α-hetero) is 1. The van der Waals surface area contributed by atoms with Crippen LogP contribution in [0, 0.1) is 12.7 Å². The zero-order valence-corrected chi connectivity index (χ0v) is 20.1. The number of ketones is 1. The Balaban J connectivity index is 1.91. The molecular formula is C27H23ClFNO5. The second-order valence-electron chi connectivity index (χ2n) is 7.95. The largest absolute Gasteiger partial charge is 0.507 e. The lowest BCUT2D eigenvalue weighted by atomic mass is 9.94. The average Bonchev–Trinajstić information content (AvgIpc) is 3.10. The maximum absolute atomic E-state index is 13.7. The Morgan fingerprint density at radius 3 is 2.34 bits per heavy atom. The number of halogens is 2. The summed E-state index contributed by atoms with van der Waals surface area (Å²) in [5, 5.41) is 11.5. The molecule has 1 saturated heterocycles. The molecule has 3 aromatic carbocycles. The molecule has 8 heteroatoms. The number of hydrogen-bond acceptors (Lipinski definition) is 5. The Bertz CT molecular complexity index is 1340. The van der Waals surface area contributed by atoms with E-state index >= 15 is 0 Å². The number of rotatable bonds is 6. The molecule has 6 nitrogen and oxygen atoms in total. The molecule has 0 bridgehead atoms. The highest BCUT2D eigenvalue weighted by atomic mass is 35.5. The topological polar surface area (TPSA) is 76.1 Å². The van der Waals surface area contributed by atoms with Crippen molar-refractivity contribution in [1.29, 1.82) is 0 Å². The van der Waals surface area contributed by atoms with E-state index in [4.69, 9.17) is 21.1 Å². The van der Waals surface area contributed by atoms with Crippen LogP contribution in [0.3, 0.4) is 0 Å². The van der Waals surface area contributed by atoms with Crippen LogP contribution in [-0.2, 0) is 9.59 Å². The molecule has 4 rings (SSSR count). The summed E-state index contributed by atoms with van der Waals surface area (Å²) in [7, 11) is 1.46. The van der Waals surface area contributed by atoms with Crippen molar-refractivity contribution in [2.45, 2.75) is 19.9 Å². The highest BCUT2D eigenvalue weighted by Crippen LogP contribution is 2.43. The Labute approximate surface area is 207 Å². The maximum Gasteiger partial charge on any atom is 0.300 e. The molecule has 1 unspecified atom stereocenters. The van der Waals surface area contributed by atoms with E-state index in [0.29, 0.717) is 34.9 Å². The van der Waals surface area contributed by atoms with Crippen LogP contribution in [-0.4, -0.2) is 30.5 Å². The molecule has 1 aliphatic rings. The fourth-order valence-corrected chi connectivity index (χ4v) is 4.39. The van der Waals surface area contributed by atoms with Gasteiger partial charge in [-0.15, -0.1) is 0 Å². The van der Waals surface area contributed by atoms with Crippen molar-refractivity contribution in [3.8, 4) is 11.5 Å². The number of carbonyl (C=O) groups is 2. The van der Waals surface area contributed by atoms with Crippen LogP contribution < -0.4 is 14.4 Å². The zero-order chi connectivity index (χ0) is 25.3. The number of benzene rings is 3. The molecule has 1 aliphatic heterocycles. The van der Waals surface area contributed by atoms with Gasteiger partial charge in [0, 0.05) is 11.3 Å². The number of nitrogens with zero attached hydrogens (tertiary/aromatic N) is 1. The number of hydrogen-bond donors (Lipinski definition) is 1. The van der Waals surface area contributed by atoms with Gasteiger partial charge >= 0.3 is 0 Å². The van der Waals surface area contributed by atoms with Crippen LogP contribution in [0.4, 0.5) is 10.1 Å². The van der Waals surface area contributed by atoms with Crippen molar-refractivity contribution in [2.75, 3.05) is 18.6 Å². The van der Waals surface area contributed by atoms with Gasteiger partial charge in [-0.2, -0.15) is 0 Å². The molecule has 0 aliphatic carbocycles. The molecule has 180 valence electrons. The highest BCUT2D eigenvalue weighted by Gasteiger charge is 2.47. The Morgan fingerprint density at radius 2 is 1.74 bits per heavy atom. The summed E-state index contributed by atoms with van der Waals surface area (Å²) in [6, 6.07) is 14.1. The first kappa shape index (κ1) is 24.3. The SMILES string of the molecule is CCOc1ccc(/C(O)=C2\C(=O)C(=O)N(c3ccc(OC)c(Cl)c3)C2c2ccc(F)cc2)cc1C. The van der Waals surface area contributed by atoms with Gasteiger partial charge in [0.15, 0.2) is 0 Å². The summed E-state index contributed by atoms with van der Waals surface area (Å²) in [5.41, 5.74) is 1.77. The van der Waals surface area contributed by atoms with Crippen LogP contribution in [0.1, 0.15) is 29.7 Å². The van der Waals surface area contributed by atoms with E-state index in [1.807, 2.05) is 13.8 Å². The average molecular weight is 496 g/mol. The van der Waals surface area contributed by atoms with Gasteiger partial charge in [-0.3, -0.25) is 14.5 Å². The lowest BCUT2D eigenvalue weighted by Gasteiger charge is -2.26. The number of amides is 1. The third-order valence-electron chi connectivity index (χ3n) is 5.79. The lowest BCUT2D eigenvalue weighted by molar-refractivity contribution is -0.132. The molecule has 0 saturated carbocycles. The molecule has 1 amide bonds. The molecule has 1 atom stereocenters. The smallest absolute Gasteiger partial charge is 0.300 e. The summed E-state index contributed by atoms with van der Waals surface area (Å²) < 4.78 is 24.4. The van der Waals surface area contributed by atoms with Crippen LogP contribution >= 0.6 is 11.6 Å². The lowest BCUT2D eigenvalue weighted by Crippen LogP contribution is -2.29. The molecule has 35 heavy (non-hydrogen) atoms. The molecule has 1 N–H and O–H groups in total. The second kappa shape index (κ2) is 9.80. The van der Waals surface area contributed by atoms with Gasteiger partial charge in [0.2, 0.25) is 0 Å². The maximum atomic E-state index is 13.7. The van der Waals surface area contributed by atoms with Crippen LogP contribution in [0.2, 0.25) is 5.02 Å². The summed E-state index contributed by atoms with van der Waals surface area (Å²) in [4.78, 5) is 27.7. The fraction of sp³-hybridized carbons (Fsp3) is 0.185. The standard InChI is InChI=1S/C27H23ClFNO5/c1-4-35-21-11-7-17(13-15(21)2)25(31)23-24(16-5-8-18(29)9-6-16)30(27(33)26(23)32)19-10-12-22(34-3)20(28)14-19/h5-14,24,31H,4H2,1-3H3/b25-23+. The number of carbonyl (C=O) groups excluding carboxylic acids is 2. The minimum Gasteiger partial charge on any atom is -0.507 e. The first-order valence-corrected chi connectivity index (χ1v) is 11.3. The van der Waals surface area contributed by atoms with Crippen LogP contribution in [0.5, 0.6) is 11.5 Å². The summed E-state index contributed by atoms with van der Waals surface area (Å²) in [6.45, 7) is 4.16. The van der Waals surface area contributed by atoms with Gasteiger partial charge in [-0.05, 0) is 73.5 Å². The van der Waals surface area contributed by atoms with E-state index in [2.05, 4.69) is 0 Å². The molecule has 1 fully saturated rings. The summed E-state index contributed by atoms with van der Waals surface area (Å²) in [6.07, 6.45) is 0. The number of aliphatic hydroxyl groups is 1. The van der Waals surface area contributed by atoms with E-state index in [0.717, 1.165) is 5.56 Å². The van der Waals surface area contributed by atoms with E-state index in [9.17, 15) is 19.1 Å². The van der Waals surface area contributed by atoms with Crippen molar-refractivity contribution < 1.29 is 28.6 Å². The van der Waals surface area contributed by atoms with Crippen molar-refractivity contribution in [1.82, 2.24) is 0 Å². The third-order valence-corrected chi connectivity index (χ3v) is 6.09. The molecular weight excluding hydrogens is 473 g/mol. The highest BCUT2D eigenvalue weighted by molar-refractivity contribution is 6.51. The molecule has 1 heterocycles. The normalized spacial score (nSPS) is 17.1. The Hall–Kier alpha value is -3.84. The van der Waals surface area contributed by atoms with Crippen molar-refractivity contribution >= 4 is 34.7 Å². The van der Waals surface area contributed by atoms with Gasteiger partial charge in [0.05, 0.1) is 30.4 Å². The molecule has 0 spiro atoms. The van der Waals surface area contributed by atoms with E-state index < -0.39 is 23.5 Å². The van der Waals surface area contributed by atoms with Crippen molar-refractivity contribution in [3.05, 3.63) is 93.8 Å². The third kappa shape index (κ3) is 4.47. The van der Waals surface area contributed by atoms with Gasteiger partial charge in [-0.25, -0.2) is 4.39 Å². The van der Waals surface area contributed by atoms with Crippen LogP contribution in [0.25, 0.3) is 5.76 Å². The molecule has 3 aromatic rings. The predicted octanol–water partition coefficient (Wildman–Crippen LogP) is 5.82. The van der Waals surface area contributed by atoms with Gasteiger partial charge in [0.25, 0.3) is 11.7 Å². The number of anilines is 1. The number of aliphatic hydroxyl groups excluding tert-OH is 1. The minimum absolute atomic E-state index is 0.114. The first-order valence-electron chi connectivity index (χ1n) is 10.9. The monoisotopic (exact) mass is 495 g/mol. The van der Waals surface area contributed by atoms with E-state index in [-0.39, 0.29) is 16.4 Å². The zero-order valence-electron chi connectivity index (χ0n) is 19.3. The minimum atomic E-state index is -1.01. The van der Waals surface area contributed by atoms with Gasteiger partial charge in [-0.1, -0.05) is 23.7 Å². The van der Waals surface area contributed by atoms with Crippen LogP contribution in [0.15, 0.2) is 66.2 Å². The Kier molecular flexibility index (Phi) is 6.80. The van der Waals surface area contributed by atoms with Gasteiger partial charge < -0.3 is 14.6 Å². The Morgan fingerprint density at radius 1 is 1.06 bits per heavy atom. The van der Waals surface area contributed by atoms with E-state index in [1.165, 1.54) is 42.3 Å². The molecule has 0 radical (unpaired) electrons. The van der Waals surface area contributed by atoms with E-state index in [1.54, 1.807) is 30.3 Å². The fourth-order valence-electron chi connectivity index (χ4n) is 4.13. The number of aryl methyl sites for hydroxylation is 1. The summed E-state index contributed by atoms with van der Waals surface area (Å²) >= 11 is 6.29. The predicted molar refractivity (Wildman–Crippen MR) is 132 cm³/mol. The number of methoxy groups -OCH3 is 1. The number of ether oxygens (including phenoxy) is 2. The van der Waals surface area contributed by atoms with Gasteiger partial charge in [0.1, 0.15) is 23.1 Å². The quantitative estimate of drug-likeness (QED) is 0.265. The molecule has 0 aromatic heterocycles. The van der Waals surface area contributed by atoms with Crippen molar-refractivity contribution in [3.63, 3.8) is 0 Å².